The van der Waals surface area contributed by atoms with Crippen LogP contribution < -0.4 is 10.2 Å². The molecule has 0 unspecified atom stereocenters. The Morgan fingerprint density at radius 2 is 2.11 bits per heavy atom. The molecule has 0 amide bonds. The third kappa shape index (κ3) is 4.01. The van der Waals surface area contributed by atoms with Crippen molar-refractivity contribution < 1.29 is 9.18 Å². The van der Waals surface area contributed by atoms with Crippen molar-refractivity contribution in [3.05, 3.63) is 29.6 Å². The summed E-state index contributed by atoms with van der Waals surface area (Å²) in [7, 11) is 0. The van der Waals surface area contributed by atoms with E-state index in [1.54, 1.807) is 12.1 Å². The van der Waals surface area contributed by atoms with Crippen LogP contribution in [-0.2, 0) is 11.2 Å². The molecule has 1 aromatic rings. The average Bonchev–Trinajstić information content (AvgIpc) is 3.33. The van der Waals surface area contributed by atoms with Crippen molar-refractivity contribution in [2.24, 2.45) is 11.8 Å². The van der Waals surface area contributed by atoms with Crippen LogP contribution in [0.2, 0.25) is 0 Å². The molecule has 4 atom stereocenters. The van der Waals surface area contributed by atoms with Crippen LogP contribution in [-0.4, -0.2) is 31.0 Å². The second-order valence-corrected chi connectivity index (χ2v) is 8.44. The summed E-state index contributed by atoms with van der Waals surface area (Å²) in [6, 6.07) is 7.96. The van der Waals surface area contributed by atoms with Gasteiger partial charge < -0.3 is 10.2 Å². The molecule has 1 aromatic carbocycles. The summed E-state index contributed by atoms with van der Waals surface area (Å²) in [5, 5.41) is 12.9. The largest absolute Gasteiger partial charge is 0.371 e. The van der Waals surface area contributed by atoms with E-state index in [0.717, 1.165) is 50.9 Å². The van der Waals surface area contributed by atoms with Crippen molar-refractivity contribution in [2.45, 2.75) is 63.5 Å². The van der Waals surface area contributed by atoms with Crippen molar-refractivity contribution in [3.8, 4) is 6.07 Å². The molecule has 0 spiro atoms. The number of anilines is 1. The number of nitrogens with one attached hydrogen (secondary N) is 1. The first-order valence-electron chi connectivity index (χ1n) is 10.4. The van der Waals surface area contributed by atoms with E-state index in [1.807, 2.05) is 6.07 Å². The summed E-state index contributed by atoms with van der Waals surface area (Å²) in [5.74, 6) is -0.168. The van der Waals surface area contributed by atoms with Gasteiger partial charge >= 0.3 is 0 Å². The molecule has 3 aliphatic rings. The Kier molecular flexibility index (Phi) is 5.45. The van der Waals surface area contributed by atoms with Crippen LogP contribution in [0.4, 0.5) is 10.1 Å². The molecule has 27 heavy (non-hydrogen) atoms. The van der Waals surface area contributed by atoms with Crippen molar-refractivity contribution in [2.75, 3.05) is 18.0 Å². The van der Waals surface area contributed by atoms with Gasteiger partial charge in [0, 0.05) is 31.2 Å². The number of rotatable bonds is 6. The molecule has 2 aliphatic heterocycles. The lowest BCUT2D eigenvalue weighted by Crippen LogP contribution is -2.42. The smallest absolute Gasteiger partial charge is 0.151 e. The highest BCUT2D eigenvalue weighted by molar-refractivity contribution is 5.85. The lowest BCUT2D eigenvalue weighted by atomic mass is 9.88. The number of piperidine rings is 2. The van der Waals surface area contributed by atoms with Gasteiger partial charge in [-0.25, -0.2) is 4.39 Å². The maximum absolute atomic E-state index is 14.6. The van der Waals surface area contributed by atoms with Gasteiger partial charge in [0.1, 0.15) is 5.82 Å². The third-order valence-electron chi connectivity index (χ3n) is 6.56. The number of fused-ring (bicyclic) bond motifs is 2. The highest BCUT2D eigenvalue weighted by Crippen LogP contribution is 2.36. The molecule has 2 saturated heterocycles. The van der Waals surface area contributed by atoms with E-state index < -0.39 is 5.92 Å². The molecular formula is C22H28FN3O. The van der Waals surface area contributed by atoms with Gasteiger partial charge in [-0.1, -0.05) is 6.07 Å². The lowest BCUT2D eigenvalue weighted by Gasteiger charge is -2.29. The molecule has 0 aromatic heterocycles. The van der Waals surface area contributed by atoms with Crippen molar-refractivity contribution in [3.63, 3.8) is 0 Å². The minimum atomic E-state index is -0.464. The summed E-state index contributed by atoms with van der Waals surface area (Å²) in [5.41, 5.74) is 1.46. The molecule has 144 valence electrons. The van der Waals surface area contributed by atoms with Gasteiger partial charge in [0.05, 0.1) is 18.0 Å². The molecule has 1 aliphatic carbocycles. The Morgan fingerprint density at radius 1 is 1.30 bits per heavy atom. The van der Waals surface area contributed by atoms with Crippen LogP contribution in [0.5, 0.6) is 0 Å². The predicted molar refractivity (Wildman–Crippen MR) is 103 cm³/mol. The van der Waals surface area contributed by atoms with Crippen molar-refractivity contribution in [1.82, 2.24) is 5.32 Å². The molecular weight excluding hydrogens is 341 g/mol. The van der Waals surface area contributed by atoms with Gasteiger partial charge in [0.15, 0.2) is 5.78 Å². The number of Topliss-reactive ketones (excluding diaryl/α,β-unsaturated/α-hetero) is 1. The quantitative estimate of drug-likeness (QED) is 0.832. The number of halogens is 1. The maximum Gasteiger partial charge on any atom is 0.151 e. The lowest BCUT2D eigenvalue weighted by molar-refractivity contribution is -0.122. The molecule has 0 radical (unpaired) electrons. The average molecular weight is 369 g/mol. The van der Waals surface area contributed by atoms with Crippen molar-refractivity contribution in [1.29, 1.82) is 5.26 Å². The summed E-state index contributed by atoms with van der Waals surface area (Å²) < 4.78 is 14.6. The van der Waals surface area contributed by atoms with Gasteiger partial charge in [-0.05, 0) is 68.6 Å². The van der Waals surface area contributed by atoms with E-state index in [9.17, 15) is 14.4 Å². The first-order chi connectivity index (χ1) is 13.1. The van der Waals surface area contributed by atoms with Crippen LogP contribution in [0.3, 0.4) is 0 Å². The van der Waals surface area contributed by atoms with Crippen molar-refractivity contribution >= 4 is 11.5 Å². The summed E-state index contributed by atoms with van der Waals surface area (Å²) >= 11 is 0. The van der Waals surface area contributed by atoms with E-state index in [2.05, 4.69) is 16.3 Å². The number of carbonyl (C=O) groups is 1. The second-order valence-electron chi connectivity index (χ2n) is 8.44. The zero-order chi connectivity index (χ0) is 18.8. The van der Waals surface area contributed by atoms with Gasteiger partial charge in [-0.3, -0.25) is 4.79 Å². The van der Waals surface area contributed by atoms with E-state index in [-0.39, 0.29) is 24.1 Å². The first-order valence-corrected chi connectivity index (χ1v) is 10.4. The van der Waals surface area contributed by atoms with Gasteiger partial charge in [-0.15, -0.1) is 0 Å². The maximum atomic E-state index is 14.6. The van der Waals surface area contributed by atoms with E-state index in [0.29, 0.717) is 23.9 Å². The van der Waals surface area contributed by atoms with Crippen LogP contribution in [0.25, 0.3) is 0 Å². The zero-order valence-corrected chi connectivity index (χ0v) is 15.8. The number of nitriles is 1. The van der Waals surface area contributed by atoms with Crippen LogP contribution in [0, 0.1) is 29.0 Å². The Hall–Kier alpha value is -1.93. The third-order valence-corrected chi connectivity index (χ3v) is 6.56. The number of benzene rings is 1. The van der Waals surface area contributed by atoms with E-state index in [4.69, 9.17) is 0 Å². The fourth-order valence-electron chi connectivity index (χ4n) is 5.07. The monoisotopic (exact) mass is 369 g/mol. The number of hydrogen-bond acceptors (Lipinski definition) is 4. The fraction of sp³-hybridized carbons (Fsp3) is 0.636. The predicted octanol–water partition coefficient (Wildman–Crippen LogP) is 3.60. The molecule has 5 heteroatoms. The fourth-order valence-corrected chi connectivity index (χ4v) is 5.07. The topological polar surface area (TPSA) is 56.1 Å². The highest BCUT2D eigenvalue weighted by Gasteiger charge is 2.42. The first kappa shape index (κ1) is 18.4. The molecule has 3 fully saturated rings. The van der Waals surface area contributed by atoms with Crippen LogP contribution >= 0.6 is 0 Å². The Labute approximate surface area is 160 Å². The van der Waals surface area contributed by atoms with E-state index in [1.165, 1.54) is 6.42 Å². The number of carbonyl (C=O) groups excluding carboxylic acids is 1. The van der Waals surface area contributed by atoms with Crippen LogP contribution in [0.1, 0.15) is 50.5 Å². The van der Waals surface area contributed by atoms with E-state index >= 15 is 0 Å². The Morgan fingerprint density at radius 3 is 2.74 bits per heavy atom. The molecule has 1 saturated carbocycles. The number of nitrogens with zero attached hydrogens (tertiary/aromatic N) is 2. The normalized spacial score (nSPS) is 28.1. The number of hydrogen-bond donors (Lipinski definition) is 1. The van der Waals surface area contributed by atoms with Crippen LogP contribution in [0.15, 0.2) is 18.2 Å². The molecule has 1 N–H and O–H groups in total. The highest BCUT2D eigenvalue weighted by atomic mass is 19.1. The molecule has 4 rings (SSSR count). The second kappa shape index (κ2) is 7.98. The summed E-state index contributed by atoms with van der Waals surface area (Å²) in [6.45, 7) is 1.95. The minimum Gasteiger partial charge on any atom is -0.371 e. The standard InChI is InChI=1S/C22H28FN3O/c23-20-13-19(26-8-2-1-3-9-26)7-5-16(20)10-15(14-24)11-21(27)22-17-4-6-18(12-17)25-22/h5,7,13,15,17-18,22,25H,1-4,6,8-12H2/t15-,17+,18-,22+/m1/s1. The summed E-state index contributed by atoms with van der Waals surface area (Å²) in [6.07, 6.45) is 7.41. The Balaban J connectivity index is 1.38. The van der Waals surface area contributed by atoms with Gasteiger partial charge in [0.25, 0.3) is 0 Å². The summed E-state index contributed by atoms with van der Waals surface area (Å²) in [4.78, 5) is 14.9. The molecule has 2 heterocycles. The molecule has 4 nitrogen and oxygen atoms in total. The molecule has 2 bridgehead atoms. The van der Waals surface area contributed by atoms with Gasteiger partial charge in [-0.2, -0.15) is 5.26 Å². The zero-order valence-electron chi connectivity index (χ0n) is 15.8. The number of ketones is 1. The van der Waals surface area contributed by atoms with Gasteiger partial charge in [0.2, 0.25) is 0 Å². The minimum absolute atomic E-state index is 0.0917. The SMILES string of the molecule is N#C[C@@H](CC(=O)[C@H]1N[C@@H]2CC[C@H]1C2)Cc1ccc(N2CCCCC2)cc1F. The Bertz CT molecular complexity index is 738.